The number of nitrogens with zero attached hydrogens (tertiary/aromatic N) is 2. The predicted molar refractivity (Wildman–Crippen MR) is 152 cm³/mol. The van der Waals surface area contributed by atoms with E-state index in [9.17, 15) is 28.1 Å². The first-order valence-corrected chi connectivity index (χ1v) is 15.0. The van der Waals surface area contributed by atoms with Crippen molar-refractivity contribution in [1.82, 2.24) is 9.62 Å². The van der Waals surface area contributed by atoms with Gasteiger partial charge in [0.1, 0.15) is 11.6 Å². The quantitative estimate of drug-likeness (QED) is 0.235. The summed E-state index contributed by atoms with van der Waals surface area (Å²) in [6, 6.07) is 12.3. The van der Waals surface area contributed by atoms with Gasteiger partial charge >= 0.3 is 5.97 Å². The normalized spacial score (nSPS) is 20.6. The molecule has 0 unspecified atom stereocenters. The highest BCUT2D eigenvalue weighted by atomic mass is 32.2. The van der Waals surface area contributed by atoms with Gasteiger partial charge in [0.2, 0.25) is 15.9 Å². The number of para-hydroxylation sites is 1. The second kappa shape index (κ2) is 13.1. The molecule has 12 heteroatoms. The molecule has 1 fully saturated rings. The summed E-state index contributed by atoms with van der Waals surface area (Å²) < 4.78 is 41.3. The zero-order valence-corrected chi connectivity index (χ0v) is 25.1. The van der Waals surface area contributed by atoms with Crippen LogP contribution in [0.4, 0.5) is 5.69 Å². The Morgan fingerprint density at radius 1 is 1.12 bits per heavy atom. The third-order valence-corrected chi connectivity index (χ3v) is 8.19. The molecule has 0 aromatic heterocycles. The fourth-order valence-corrected chi connectivity index (χ4v) is 6.29. The van der Waals surface area contributed by atoms with Gasteiger partial charge in [0.05, 0.1) is 29.6 Å². The van der Waals surface area contributed by atoms with Gasteiger partial charge in [-0.2, -0.15) is 0 Å². The van der Waals surface area contributed by atoms with Crippen LogP contribution in [0.3, 0.4) is 0 Å². The minimum Gasteiger partial charge on any atom is -0.458 e. The Morgan fingerprint density at radius 2 is 1.73 bits per heavy atom. The van der Waals surface area contributed by atoms with Gasteiger partial charge in [0, 0.05) is 12.6 Å². The van der Waals surface area contributed by atoms with Crippen molar-refractivity contribution >= 4 is 27.6 Å². The Kier molecular flexibility index (Phi) is 10.3. The van der Waals surface area contributed by atoms with Gasteiger partial charge in [-0.1, -0.05) is 63.2 Å². The van der Waals surface area contributed by atoms with Crippen molar-refractivity contribution in [3.8, 4) is 0 Å². The molecule has 0 radical (unpaired) electrons. The first kappa shape index (κ1) is 32.2. The lowest BCUT2D eigenvalue weighted by molar-refractivity contribution is -0.387. The van der Waals surface area contributed by atoms with Gasteiger partial charge < -0.3 is 14.4 Å². The van der Waals surface area contributed by atoms with Crippen molar-refractivity contribution in [2.45, 2.75) is 83.3 Å². The summed E-state index contributed by atoms with van der Waals surface area (Å²) in [5.74, 6) is -1.91. The molecule has 224 valence electrons. The number of rotatable bonds is 11. The van der Waals surface area contributed by atoms with E-state index in [1.165, 1.54) is 17.0 Å². The van der Waals surface area contributed by atoms with Gasteiger partial charge in [-0.3, -0.25) is 14.9 Å². The van der Waals surface area contributed by atoms with E-state index in [1.807, 2.05) is 44.2 Å². The molecule has 1 saturated heterocycles. The molecule has 1 amide bonds. The van der Waals surface area contributed by atoms with Gasteiger partial charge in [0.25, 0.3) is 5.69 Å². The lowest BCUT2D eigenvalue weighted by atomic mass is 9.88. The van der Waals surface area contributed by atoms with Crippen molar-refractivity contribution in [2.75, 3.05) is 6.54 Å². The van der Waals surface area contributed by atoms with Crippen molar-refractivity contribution in [2.24, 2.45) is 11.8 Å². The van der Waals surface area contributed by atoms with Gasteiger partial charge in [-0.25, -0.2) is 17.9 Å². The Morgan fingerprint density at radius 3 is 2.32 bits per heavy atom. The van der Waals surface area contributed by atoms with Crippen LogP contribution < -0.4 is 4.72 Å². The number of hydrogen-bond acceptors (Lipinski definition) is 8. The Balaban J connectivity index is 1.99. The van der Waals surface area contributed by atoms with E-state index in [-0.39, 0.29) is 19.1 Å². The Bertz CT molecular complexity index is 1340. The molecular formula is C29H39N3O8S. The van der Waals surface area contributed by atoms with E-state index in [0.29, 0.717) is 6.42 Å². The third-order valence-electron chi connectivity index (χ3n) is 6.69. The maximum Gasteiger partial charge on any atom is 0.329 e. The topological polar surface area (TPSA) is 145 Å². The Labute approximate surface area is 241 Å². The zero-order valence-electron chi connectivity index (χ0n) is 24.3. The van der Waals surface area contributed by atoms with E-state index in [0.717, 1.165) is 17.7 Å². The van der Waals surface area contributed by atoms with Gasteiger partial charge in [-0.05, 0) is 44.7 Å². The number of carbonyl (C=O) groups is 2. The first-order chi connectivity index (χ1) is 19.1. The zero-order chi connectivity index (χ0) is 30.5. The highest BCUT2D eigenvalue weighted by molar-refractivity contribution is 7.89. The fraction of sp³-hybridized carbons (Fsp3) is 0.517. The maximum absolute atomic E-state index is 13.8. The molecule has 41 heavy (non-hydrogen) atoms. The number of sulfonamides is 1. The van der Waals surface area contributed by atoms with Crippen molar-refractivity contribution in [3.63, 3.8) is 0 Å². The lowest BCUT2D eigenvalue weighted by Crippen LogP contribution is -2.64. The van der Waals surface area contributed by atoms with E-state index in [1.54, 1.807) is 27.7 Å². The molecule has 1 N–H and O–H groups in total. The number of hydrogen-bond donors (Lipinski definition) is 1. The first-order valence-electron chi connectivity index (χ1n) is 13.6. The predicted octanol–water partition coefficient (Wildman–Crippen LogP) is 4.06. The smallest absolute Gasteiger partial charge is 0.329 e. The van der Waals surface area contributed by atoms with Crippen molar-refractivity contribution < 1.29 is 32.4 Å². The number of benzene rings is 2. The van der Waals surface area contributed by atoms with E-state index >= 15 is 0 Å². The van der Waals surface area contributed by atoms with E-state index in [4.69, 9.17) is 9.47 Å². The number of ether oxygens (including phenoxy) is 2. The molecular weight excluding hydrogens is 550 g/mol. The lowest BCUT2D eigenvalue weighted by Gasteiger charge is -2.44. The number of nitro groups is 1. The molecule has 3 rings (SSSR count). The summed E-state index contributed by atoms with van der Waals surface area (Å²) in [7, 11) is -4.44. The molecule has 0 saturated carbocycles. The average molecular weight is 590 g/mol. The summed E-state index contributed by atoms with van der Waals surface area (Å²) in [6.07, 6.45) is -0.539. The Hall–Kier alpha value is -3.35. The minimum absolute atomic E-state index is 0.0502. The maximum atomic E-state index is 13.8. The number of nitrogens with one attached hydrogen (secondary N) is 1. The molecule has 0 spiro atoms. The van der Waals surface area contributed by atoms with Gasteiger partial charge in [0.15, 0.2) is 4.90 Å². The SMILES string of the molecule is CC(C)C[C@@H](C(=O)OC(C)(C)C)N1C[C@@H](OCc2ccccc2)[C@H](NS(=O)(=O)c2ccccc2[N+](=O)[O-])[C@@H](C)C1=O. The fourth-order valence-electron chi connectivity index (χ4n) is 4.77. The van der Waals surface area contributed by atoms with Crippen molar-refractivity contribution in [1.29, 1.82) is 0 Å². The number of likely N-dealkylation sites (tertiary alicyclic amines) is 1. The molecule has 0 bridgehead atoms. The summed E-state index contributed by atoms with van der Waals surface area (Å²) >= 11 is 0. The van der Waals surface area contributed by atoms with Gasteiger partial charge in [-0.15, -0.1) is 0 Å². The summed E-state index contributed by atoms with van der Waals surface area (Å²) in [6.45, 7) is 10.7. The monoisotopic (exact) mass is 589 g/mol. The average Bonchev–Trinajstić information content (AvgIpc) is 2.89. The van der Waals surface area contributed by atoms with Crippen LogP contribution in [0.15, 0.2) is 59.5 Å². The molecule has 1 aliphatic heterocycles. The highest BCUT2D eigenvalue weighted by Crippen LogP contribution is 2.30. The summed E-state index contributed by atoms with van der Waals surface area (Å²) in [5.41, 5.74) is -0.530. The number of carbonyl (C=O) groups excluding carboxylic acids is 2. The van der Waals surface area contributed by atoms with Crippen LogP contribution in [0.25, 0.3) is 0 Å². The number of esters is 1. The third kappa shape index (κ3) is 8.34. The second-order valence-electron chi connectivity index (χ2n) is 11.7. The van der Waals surface area contributed by atoms with Crippen LogP contribution in [-0.2, 0) is 35.7 Å². The van der Waals surface area contributed by atoms with Crippen LogP contribution in [0.2, 0.25) is 0 Å². The van der Waals surface area contributed by atoms with Crippen LogP contribution in [0, 0.1) is 22.0 Å². The number of piperidine rings is 1. The largest absolute Gasteiger partial charge is 0.458 e. The molecule has 0 aliphatic carbocycles. The molecule has 1 heterocycles. The van der Waals surface area contributed by atoms with Crippen LogP contribution in [0.5, 0.6) is 0 Å². The highest BCUT2D eigenvalue weighted by Gasteiger charge is 2.47. The molecule has 4 atom stereocenters. The molecule has 2 aromatic carbocycles. The van der Waals surface area contributed by atoms with E-state index in [2.05, 4.69) is 4.72 Å². The number of nitro benzene ring substituents is 1. The number of amides is 1. The van der Waals surface area contributed by atoms with Crippen LogP contribution in [-0.4, -0.2) is 60.5 Å². The minimum atomic E-state index is -4.44. The van der Waals surface area contributed by atoms with Crippen LogP contribution >= 0.6 is 0 Å². The van der Waals surface area contributed by atoms with E-state index < -0.39 is 67.1 Å². The molecule has 2 aromatic rings. The molecule has 11 nitrogen and oxygen atoms in total. The summed E-state index contributed by atoms with van der Waals surface area (Å²) in [5, 5.41) is 11.6. The van der Waals surface area contributed by atoms with Crippen LogP contribution in [0.1, 0.15) is 53.5 Å². The second-order valence-corrected chi connectivity index (χ2v) is 13.3. The molecule has 1 aliphatic rings. The standard InChI is InChI=1S/C29H39N3O8S/c1-19(2)16-23(28(34)40-29(4,5)6)31-17-24(39-18-21-12-8-7-9-13-21)26(20(3)27(31)33)30-41(37,38)25-15-11-10-14-22(25)32(35)36/h7-15,19-20,23-24,26,30H,16-18H2,1-6H3/t20-,23+,24-,26-/m1/s1. The summed E-state index contributed by atoms with van der Waals surface area (Å²) in [4.78, 5) is 38.8. The van der Waals surface area contributed by atoms with Crippen molar-refractivity contribution in [3.05, 3.63) is 70.3 Å².